The van der Waals surface area contributed by atoms with Gasteiger partial charge >= 0.3 is 5.97 Å². The molecule has 0 unspecified atom stereocenters. The second-order valence-electron chi connectivity index (χ2n) is 2.88. The Balaban J connectivity index is 3.59. The second-order valence-corrected chi connectivity index (χ2v) is 2.88. The highest BCUT2D eigenvalue weighted by atomic mass is 16.5. The average molecular weight is 192 g/mol. The van der Waals surface area contributed by atoms with Crippen LogP contribution >= 0.6 is 0 Å². The predicted molar refractivity (Wildman–Crippen MR) is 46.6 cm³/mol. The van der Waals surface area contributed by atoms with E-state index in [1.807, 2.05) is 0 Å². The van der Waals surface area contributed by atoms with Crippen LogP contribution in [0.15, 0.2) is 6.07 Å². The summed E-state index contributed by atoms with van der Waals surface area (Å²) in [6.45, 7) is 2.93. The van der Waals surface area contributed by atoms with Crippen LogP contribution in [-0.2, 0) is 0 Å². The van der Waals surface area contributed by atoms with Gasteiger partial charge in [-0.25, -0.2) is 4.79 Å². The third-order valence-electron chi connectivity index (χ3n) is 1.96. The number of pyridine rings is 1. The number of hydrogen-bond acceptors (Lipinski definition) is 3. The third-order valence-corrected chi connectivity index (χ3v) is 1.96. The van der Waals surface area contributed by atoms with Gasteiger partial charge in [0.2, 0.25) is 5.69 Å². The van der Waals surface area contributed by atoms with Crippen molar-refractivity contribution in [1.82, 2.24) is 0 Å². The van der Waals surface area contributed by atoms with Gasteiger partial charge in [-0.05, 0) is 12.5 Å². The summed E-state index contributed by atoms with van der Waals surface area (Å²) in [4.78, 5) is 10.8. The highest BCUT2D eigenvalue weighted by Crippen LogP contribution is 2.11. The Labute approximate surface area is 80.4 Å². The Hall–Kier alpha value is -2.09. The van der Waals surface area contributed by atoms with Crippen molar-refractivity contribution in [2.75, 3.05) is 0 Å². The van der Waals surface area contributed by atoms with E-state index in [0.717, 1.165) is 0 Å². The lowest BCUT2D eigenvalue weighted by molar-refractivity contribution is -0.615. The molecule has 0 saturated carbocycles. The van der Waals surface area contributed by atoms with Crippen molar-refractivity contribution in [3.63, 3.8) is 0 Å². The number of aromatic carboxylic acids is 1. The van der Waals surface area contributed by atoms with Crippen molar-refractivity contribution in [1.29, 1.82) is 5.26 Å². The fourth-order valence-electron chi connectivity index (χ4n) is 1.30. The summed E-state index contributed by atoms with van der Waals surface area (Å²) in [7, 11) is 0. The minimum atomic E-state index is -1.16. The third kappa shape index (κ3) is 1.38. The molecule has 1 aromatic rings. The standard InChI is InChI=1S/C9H8N2O3/c1-5-3-7(4-10)11(14)6(2)8(5)9(12)13/h3H,1-2H3,(H,12,13). The number of nitriles is 1. The number of carbonyl (C=O) groups is 1. The molecule has 0 atom stereocenters. The molecule has 1 heterocycles. The zero-order valence-electron chi connectivity index (χ0n) is 7.74. The molecule has 5 nitrogen and oxygen atoms in total. The highest BCUT2D eigenvalue weighted by Gasteiger charge is 2.21. The largest absolute Gasteiger partial charge is 0.618 e. The van der Waals surface area contributed by atoms with Crippen molar-refractivity contribution in [3.05, 3.63) is 33.8 Å². The van der Waals surface area contributed by atoms with E-state index in [1.54, 1.807) is 13.0 Å². The SMILES string of the molecule is Cc1cc(C#N)[n+]([O-])c(C)c1C(=O)O. The van der Waals surface area contributed by atoms with Crippen molar-refractivity contribution in [2.45, 2.75) is 13.8 Å². The number of hydrogen-bond donors (Lipinski definition) is 1. The van der Waals surface area contributed by atoms with E-state index in [0.29, 0.717) is 10.3 Å². The first-order valence-electron chi connectivity index (χ1n) is 3.86. The molecular formula is C9H8N2O3. The van der Waals surface area contributed by atoms with Crippen molar-refractivity contribution >= 4 is 5.97 Å². The number of aryl methyl sites for hydroxylation is 1. The summed E-state index contributed by atoms with van der Waals surface area (Å²) >= 11 is 0. The lowest BCUT2D eigenvalue weighted by atomic mass is 10.1. The molecule has 72 valence electrons. The van der Waals surface area contributed by atoms with E-state index >= 15 is 0 Å². The zero-order chi connectivity index (χ0) is 10.9. The van der Waals surface area contributed by atoms with Crippen LogP contribution in [0.3, 0.4) is 0 Å². The molecule has 0 fully saturated rings. The maximum absolute atomic E-state index is 11.3. The van der Waals surface area contributed by atoms with E-state index in [1.165, 1.54) is 13.0 Å². The van der Waals surface area contributed by atoms with E-state index in [4.69, 9.17) is 10.4 Å². The second kappa shape index (κ2) is 3.34. The number of carboxylic acids is 1. The van der Waals surface area contributed by atoms with Crippen LogP contribution in [0, 0.1) is 30.4 Å². The molecule has 1 aromatic heterocycles. The lowest BCUT2D eigenvalue weighted by Crippen LogP contribution is -2.36. The van der Waals surface area contributed by atoms with Crippen molar-refractivity contribution < 1.29 is 14.6 Å². The average Bonchev–Trinajstić information content (AvgIpc) is 2.10. The molecule has 14 heavy (non-hydrogen) atoms. The van der Waals surface area contributed by atoms with Gasteiger partial charge in [0.25, 0.3) is 5.69 Å². The van der Waals surface area contributed by atoms with Crippen LogP contribution in [0.25, 0.3) is 0 Å². The summed E-state index contributed by atoms with van der Waals surface area (Å²) in [6, 6.07) is 2.97. The van der Waals surface area contributed by atoms with E-state index in [2.05, 4.69) is 0 Å². The van der Waals surface area contributed by atoms with Crippen molar-refractivity contribution in [2.24, 2.45) is 0 Å². The maximum Gasteiger partial charge on any atom is 0.342 e. The van der Waals surface area contributed by atoms with Gasteiger partial charge in [-0.2, -0.15) is 9.99 Å². The monoisotopic (exact) mass is 192 g/mol. The molecule has 0 amide bonds. The minimum absolute atomic E-state index is 0.0362. The molecule has 1 N–H and O–H groups in total. The number of carboxylic acid groups (broad SMARTS) is 1. The van der Waals surface area contributed by atoms with E-state index < -0.39 is 5.97 Å². The van der Waals surface area contributed by atoms with E-state index in [-0.39, 0.29) is 17.0 Å². The summed E-state index contributed by atoms with van der Waals surface area (Å²) in [5, 5.41) is 28.7. The molecule has 0 aliphatic rings. The number of aromatic nitrogens is 1. The molecule has 0 aromatic carbocycles. The smallest absolute Gasteiger partial charge is 0.342 e. The molecule has 0 aliphatic carbocycles. The minimum Gasteiger partial charge on any atom is -0.618 e. The quantitative estimate of drug-likeness (QED) is 0.518. The molecule has 0 spiro atoms. The first kappa shape index (κ1) is 9.99. The topological polar surface area (TPSA) is 88.0 Å². The number of rotatable bonds is 1. The fourth-order valence-corrected chi connectivity index (χ4v) is 1.30. The zero-order valence-corrected chi connectivity index (χ0v) is 7.74. The summed E-state index contributed by atoms with van der Waals surface area (Å²) in [6.07, 6.45) is 0. The summed E-state index contributed by atoms with van der Waals surface area (Å²) in [5.41, 5.74) is 0.316. The first-order valence-corrected chi connectivity index (χ1v) is 3.86. The highest BCUT2D eigenvalue weighted by molar-refractivity contribution is 5.90. The van der Waals surface area contributed by atoms with Crippen LogP contribution in [0.2, 0.25) is 0 Å². The van der Waals surface area contributed by atoms with Gasteiger partial charge < -0.3 is 10.3 Å². The predicted octanol–water partition coefficient (Wildman–Crippen LogP) is 0.507. The van der Waals surface area contributed by atoms with Gasteiger partial charge in [0.1, 0.15) is 5.56 Å². The molecular weight excluding hydrogens is 184 g/mol. The molecule has 0 saturated heterocycles. The summed E-state index contributed by atoms with van der Waals surface area (Å²) in [5.74, 6) is -1.16. The van der Waals surface area contributed by atoms with Crippen molar-refractivity contribution in [3.8, 4) is 6.07 Å². The Kier molecular flexibility index (Phi) is 2.38. The van der Waals surface area contributed by atoms with Gasteiger partial charge in [0.05, 0.1) is 0 Å². The van der Waals surface area contributed by atoms with Crippen LogP contribution in [0.4, 0.5) is 0 Å². The van der Waals surface area contributed by atoms with Gasteiger partial charge in [-0.15, -0.1) is 0 Å². The van der Waals surface area contributed by atoms with Gasteiger partial charge in [0.15, 0.2) is 6.07 Å². The normalized spacial score (nSPS) is 9.50. The Morgan fingerprint density at radius 2 is 2.21 bits per heavy atom. The Morgan fingerprint density at radius 1 is 1.64 bits per heavy atom. The lowest BCUT2D eigenvalue weighted by Gasteiger charge is -2.07. The molecule has 0 radical (unpaired) electrons. The van der Waals surface area contributed by atoms with E-state index in [9.17, 15) is 10.0 Å². The summed E-state index contributed by atoms with van der Waals surface area (Å²) < 4.78 is 0.330. The van der Waals surface area contributed by atoms with Crippen LogP contribution in [-0.4, -0.2) is 11.1 Å². The van der Waals surface area contributed by atoms with Crippen LogP contribution < -0.4 is 4.73 Å². The Bertz CT molecular complexity index is 446. The molecule has 0 bridgehead atoms. The number of nitrogens with zero attached hydrogens (tertiary/aromatic N) is 2. The Morgan fingerprint density at radius 3 is 2.64 bits per heavy atom. The molecule has 1 rings (SSSR count). The van der Waals surface area contributed by atoms with Gasteiger partial charge in [-0.1, -0.05) is 0 Å². The molecule has 0 aliphatic heterocycles. The maximum atomic E-state index is 11.3. The van der Waals surface area contributed by atoms with Crippen LogP contribution in [0.5, 0.6) is 0 Å². The fraction of sp³-hybridized carbons (Fsp3) is 0.222. The first-order chi connectivity index (χ1) is 6.49. The van der Waals surface area contributed by atoms with Gasteiger partial charge in [0, 0.05) is 13.0 Å². The molecule has 5 heteroatoms. The van der Waals surface area contributed by atoms with Gasteiger partial charge in [-0.3, -0.25) is 0 Å². The van der Waals surface area contributed by atoms with Crippen LogP contribution in [0.1, 0.15) is 27.3 Å².